The third kappa shape index (κ3) is 3.30. The van der Waals surface area contributed by atoms with Crippen molar-refractivity contribution in [3.63, 3.8) is 0 Å². The molecule has 0 bridgehead atoms. The van der Waals surface area contributed by atoms with E-state index in [9.17, 15) is 18.0 Å². The van der Waals surface area contributed by atoms with E-state index in [1.165, 1.54) is 30.5 Å². The van der Waals surface area contributed by atoms with Crippen LogP contribution in [0.2, 0.25) is 0 Å². The highest BCUT2D eigenvalue weighted by Gasteiger charge is 2.45. The van der Waals surface area contributed by atoms with Gasteiger partial charge in [0.25, 0.3) is 6.43 Å². The second-order valence-electron chi connectivity index (χ2n) is 6.80. The van der Waals surface area contributed by atoms with Crippen molar-refractivity contribution in [3.8, 4) is 0 Å². The van der Waals surface area contributed by atoms with Gasteiger partial charge in [-0.3, -0.25) is 9.78 Å². The molecule has 3 heterocycles. The zero-order valence-electron chi connectivity index (χ0n) is 15.4. The topological polar surface area (TPSA) is 70.1 Å². The number of aromatic amines is 1. The van der Waals surface area contributed by atoms with Gasteiger partial charge < -0.3 is 10.3 Å². The molecule has 2 atom stereocenters. The Hall–Kier alpha value is -3.42. The second-order valence-corrected chi connectivity index (χ2v) is 6.80. The summed E-state index contributed by atoms with van der Waals surface area (Å²) in [6.07, 6.45) is -1.32. The number of halogens is 3. The molecule has 0 unspecified atom stereocenters. The largest absolute Gasteiger partial charge is 0.363 e. The van der Waals surface area contributed by atoms with E-state index in [4.69, 9.17) is 4.99 Å². The maximum Gasteiger partial charge on any atom is 0.280 e. The Morgan fingerprint density at radius 3 is 2.38 bits per heavy atom. The van der Waals surface area contributed by atoms with E-state index in [2.05, 4.69) is 15.3 Å². The highest BCUT2D eigenvalue weighted by atomic mass is 19.3. The molecule has 2 aromatic heterocycles. The lowest BCUT2D eigenvalue weighted by Gasteiger charge is -2.31. The molecule has 3 aromatic rings. The number of benzene rings is 1. The Morgan fingerprint density at radius 1 is 1.03 bits per heavy atom. The molecule has 0 saturated heterocycles. The van der Waals surface area contributed by atoms with Gasteiger partial charge in [-0.15, -0.1) is 0 Å². The Morgan fingerprint density at radius 2 is 1.76 bits per heavy atom. The van der Waals surface area contributed by atoms with Crippen molar-refractivity contribution < 1.29 is 13.2 Å². The van der Waals surface area contributed by atoms with E-state index < -0.39 is 17.8 Å². The van der Waals surface area contributed by atoms with Crippen molar-refractivity contribution in [2.24, 2.45) is 4.99 Å². The SMILES string of the molecule is C[C@@H]1NC(c2cccc(=O)[nH]2)=N[C@]1(c1ccc(F)cc1)c1ccc(C(F)F)nc1. The standard InChI is InChI=1S/C21H17F3N4O/c1-12-21(13-5-8-15(22)9-6-13,14-7-10-16(19(23)24)25-11-14)28-20(26-12)17-3-2-4-18(29)27-17/h2-12,19H,1H3,(H,26,28)(H,27,29)/t12-,21+/m0/s1. The number of alkyl halides is 2. The van der Waals surface area contributed by atoms with E-state index in [-0.39, 0.29) is 17.3 Å². The summed E-state index contributed by atoms with van der Waals surface area (Å²) >= 11 is 0. The van der Waals surface area contributed by atoms with Crippen LogP contribution >= 0.6 is 0 Å². The second kappa shape index (κ2) is 7.20. The van der Waals surface area contributed by atoms with E-state index >= 15 is 0 Å². The maximum absolute atomic E-state index is 13.5. The minimum absolute atomic E-state index is 0.276. The molecule has 1 aromatic carbocycles. The average molecular weight is 398 g/mol. The zero-order chi connectivity index (χ0) is 20.6. The van der Waals surface area contributed by atoms with Crippen molar-refractivity contribution in [3.05, 3.63) is 99.5 Å². The van der Waals surface area contributed by atoms with Gasteiger partial charge in [-0.25, -0.2) is 18.2 Å². The highest BCUT2D eigenvalue weighted by molar-refractivity contribution is 5.99. The molecule has 148 valence electrons. The fourth-order valence-corrected chi connectivity index (χ4v) is 3.60. The fourth-order valence-electron chi connectivity index (χ4n) is 3.60. The molecule has 0 fully saturated rings. The van der Waals surface area contributed by atoms with Crippen LogP contribution in [-0.2, 0) is 5.54 Å². The summed E-state index contributed by atoms with van der Waals surface area (Å²) in [7, 11) is 0. The summed E-state index contributed by atoms with van der Waals surface area (Å²) in [5.41, 5.74) is 0.0785. The van der Waals surface area contributed by atoms with Crippen LogP contribution in [0.5, 0.6) is 0 Å². The normalized spacial score (nSPS) is 21.1. The molecule has 0 spiro atoms. The van der Waals surface area contributed by atoms with Gasteiger partial charge in [0.05, 0.1) is 11.7 Å². The van der Waals surface area contributed by atoms with E-state index in [0.29, 0.717) is 22.7 Å². The van der Waals surface area contributed by atoms with Crippen LogP contribution in [0.3, 0.4) is 0 Å². The molecular weight excluding hydrogens is 381 g/mol. The van der Waals surface area contributed by atoms with Crippen molar-refractivity contribution in [1.82, 2.24) is 15.3 Å². The van der Waals surface area contributed by atoms with Crippen LogP contribution in [0.25, 0.3) is 0 Å². The summed E-state index contributed by atoms with van der Waals surface area (Å²) in [6, 6.07) is 13.0. The molecule has 0 aliphatic carbocycles. The average Bonchev–Trinajstić information content (AvgIpc) is 3.07. The van der Waals surface area contributed by atoms with Gasteiger partial charge in [0.1, 0.15) is 22.9 Å². The first kappa shape index (κ1) is 18.9. The van der Waals surface area contributed by atoms with Crippen LogP contribution < -0.4 is 10.9 Å². The first-order chi connectivity index (χ1) is 13.9. The van der Waals surface area contributed by atoms with Gasteiger partial charge in [-0.05, 0) is 36.8 Å². The van der Waals surface area contributed by atoms with Crippen LogP contribution in [0.15, 0.2) is 70.6 Å². The van der Waals surface area contributed by atoms with Crippen LogP contribution in [0.4, 0.5) is 13.2 Å². The summed E-state index contributed by atoms with van der Waals surface area (Å²) in [5, 5.41) is 3.25. The molecule has 5 nitrogen and oxygen atoms in total. The number of nitrogens with one attached hydrogen (secondary N) is 2. The van der Waals surface area contributed by atoms with Gasteiger partial charge in [0.2, 0.25) is 5.56 Å². The molecule has 4 rings (SSSR count). The van der Waals surface area contributed by atoms with Crippen molar-refractivity contribution in [2.75, 3.05) is 0 Å². The summed E-state index contributed by atoms with van der Waals surface area (Å²) in [5.74, 6) is 0.0442. The third-order valence-corrected chi connectivity index (χ3v) is 5.03. The number of aliphatic imine (C=N–C) groups is 1. The Bertz CT molecular complexity index is 1110. The van der Waals surface area contributed by atoms with Gasteiger partial charge in [-0.2, -0.15) is 0 Å². The molecule has 1 aliphatic heterocycles. The van der Waals surface area contributed by atoms with Crippen LogP contribution in [0.1, 0.15) is 35.9 Å². The molecule has 0 amide bonds. The fraction of sp³-hybridized carbons (Fsp3) is 0.190. The third-order valence-electron chi connectivity index (χ3n) is 5.03. The zero-order valence-corrected chi connectivity index (χ0v) is 15.4. The molecule has 8 heteroatoms. The minimum atomic E-state index is -2.68. The van der Waals surface area contributed by atoms with Crippen molar-refractivity contribution in [2.45, 2.75) is 24.9 Å². The predicted octanol–water partition coefficient (Wildman–Crippen LogP) is 3.53. The Balaban J connectivity index is 1.91. The monoisotopic (exact) mass is 398 g/mol. The number of hydrogen-bond acceptors (Lipinski definition) is 4. The van der Waals surface area contributed by atoms with E-state index in [0.717, 1.165) is 0 Å². The number of H-pyrrole nitrogens is 1. The number of nitrogens with zero attached hydrogens (tertiary/aromatic N) is 2. The number of hydrogen-bond donors (Lipinski definition) is 2. The van der Waals surface area contributed by atoms with E-state index in [1.54, 1.807) is 30.3 Å². The van der Waals surface area contributed by atoms with Gasteiger partial charge in [0.15, 0.2) is 0 Å². The summed E-state index contributed by atoms with van der Waals surface area (Å²) in [4.78, 5) is 23.1. The van der Waals surface area contributed by atoms with Crippen LogP contribution in [-0.4, -0.2) is 21.8 Å². The molecule has 2 N–H and O–H groups in total. The Kier molecular flexibility index (Phi) is 4.70. The summed E-state index contributed by atoms with van der Waals surface area (Å²) < 4.78 is 39.5. The lowest BCUT2D eigenvalue weighted by Crippen LogP contribution is -2.41. The lowest BCUT2D eigenvalue weighted by molar-refractivity contribution is 0.146. The van der Waals surface area contributed by atoms with Crippen molar-refractivity contribution in [1.29, 1.82) is 0 Å². The predicted molar refractivity (Wildman–Crippen MR) is 103 cm³/mol. The first-order valence-corrected chi connectivity index (χ1v) is 8.97. The van der Waals surface area contributed by atoms with Gasteiger partial charge >= 0.3 is 0 Å². The number of amidine groups is 1. The quantitative estimate of drug-likeness (QED) is 0.707. The number of aromatic nitrogens is 2. The number of pyridine rings is 2. The maximum atomic E-state index is 13.5. The summed E-state index contributed by atoms with van der Waals surface area (Å²) in [6.45, 7) is 1.88. The van der Waals surface area contributed by atoms with Gasteiger partial charge in [-0.1, -0.05) is 24.3 Å². The molecule has 1 aliphatic rings. The smallest absolute Gasteiger partial charge is 0.280 e. The first-order valence-electron chi connectivity index (χ1n) is 8.97. The Labute approximate surface area is 164 Å². The van der Waals surface area contributed by atoms with Crippen molar-refractivity contribution >= 4 is 5.84 Å². The van der Waals surface area contributed by atoms with Gasteiger partial charge in [0, 0.05) is 17.8 Å². The lowest BCUT2D eigenvalue weighted by atomic mass is 9.79. The molecule has 29 heavy (non-hydrogen) atoms. The molecule has 0 saturated carbocycles. The van der Waals surface area contributed by atoms with Crippen LogP contribution in [0, 0.1) is 5.82 Å². The molecular formula is C21H17F3N4O. The number of rotatable bonds is 4. The molecule has 0 radical (unpaired) electrons. The minimum Gasteiger partial charge on any atom is -0.363 e. The highest BCUT2D eigenvalue weighted by Crippen LogP contribution is 2.41. The van der Waals surface area contributed by atoms with E-state index in [1.807, 2.05) is 6.92 Å².